The Hall–Kier alpha value is -3.14. The van der Waals surface area contributed by atoms with E-state index in [4.69, 9.17) is 0 Å². The van der Waals surface area contributed by atoms with Crippen LogP contribution in [0.15, 0.2) is 60.7 Å². The minimum atomic E-state index is -0.112. The predicted octanol–water partition coefficient (Wildman–Crippen LogP) is 4.94. The number of hydrogen-bond donors (Lipinski definition) is 1. The first-order valence-electron chi connectivity index (χ1n) is 9.62. The van der Waals surface area contributed by atoms with Crippen LogP contribution in [0.2, 0.25) is 0 Å². The van der Waals surface area contributed by atoms with Crippen molar-refractivity contribution in [2.75, 3.05) is 0 Å². The molecule has 4 heteroatoms. The van der Waals surface area contributed by atoms with Crippen molar-refractivity contribution in [3.8, 4) is 5.69 Å². The van der Waals surface area contributed by atoms with E-state index < -0.39 is 0 Å². The first-order valence-corrected chi connectivity index (χ1v) is 9.62. The zero-order chi connectivity index (χ0) is 20.1. The van der Waals surface area contributed by atoms with Crippen LogP contribution >= 0.6 is 0 Å². The highest BCUT2D eigenvalue weighted by Crippen LogP contribution is 2.18. The summed E-state index contributed by atoms with van der Waals surface area (Å²) in [4.78, 5) is 12.2. The smallest absolute Gasteiger partial charge is 0.244 e. The van der Waals surface area contributed by atoms with Gasteiger partial charge in [0.1, 0.15) is 0 Å². The van der Waals surface area contributed by atoms with Gasteiger partial charge in [0.05, 0.1) is 11.4 Å². The summed E-state index contributed by atoms with van der Waals surface area (Å²) in [5.74, 6) is 0.392. The van der Waals surface area contributed by atoms with Crippen LogP contribution in [0.4, 0.5) is 0 Å². The Kier molecular flexibility index (Phi) is 6.09. The fraction of sp³-hybridized carbons (Fsp3) is 0.250. The third-order valence-corrected chi connectivity index (χ3v) is 4.91. The van der Waals surface area contributed by atoms with Crippen LogP contribution in [0.3, 0.4) is 0 Å². The third kappa shape index (κ3) is 4.58. The Morgan fingerprint density at radius 3 is 2.39 bits per heavy atom. The molecule has 144 valence electrons. The number of aryl methyl sites for hydroxylation is 1. The van der Waals surface area contributed by atoms with Gasteiger partial charge in [0, 0.05) is 23.9 Å². The molecule has 2 aromatic carbocycles. The molecule has 3 aromatic rings. The Labute approximate surface area is 166 Å². The summed E-state index contributed by atoms with van der Waals surface area (Å²) in [5, 5.41) is 7.59. The topological polar surface area (TPSA) is 46.9 Å². The molecule has 0 atom stereocenters. The Morgan fingerprint density at radius 1 is 1.07 bits per heavy atom. The average molecular weight is 374 g/mol. The van der Waals surface area contributed by atoms with Crippen molar-refractivity contribution in [1.82, 2.24) is 15.1 Å². The van der Waals surface area contributed by atoms with Crippen LogP contribution in [-0.4, -0.2) is 15.7 Å². The van der Waals surface area contributed by atoms with E-state index in [2.05, 4.69) is 36.4 Å². The second-order valence-electron chi connectivity index (χ2n) is 7.27. The van der Waals surface area contributed by atoms with Gasteiger partial charge in [0.15, 0.2) is 0 Å². The number of aromatic nitrogens is 2. The van der Waals surface area contributed by atoms with Crippen molar-refractivity contribution in [2.24, 2.45) is 0 Å². The maximum absolute atomic E-state index is 12.2. The second-order valence-corrected chi connectivity index (χ2v) is 7.27. The van der Waals surface area contributed by atoms with Gasteiger partial charge in [-0.05, 0) is 49.1 Å². The average Bonchev–Trinajstić information content (AvgIpc) is 2.99. The second kappa shape index (κ2) is 8.70. The van der Waals surface area contributed by atoms with Crippen LogP contribution in [0.5, 0.6) is 0 Å². The summed E-state index contributed by atoms with van der Waals surface area (Å²) in [6, 6.07) is 18.3. The van der Waals surface area contributed by atoms with Crippen molar-refractivity contribution >= 4 is 12.0 Å². The lowest BCUT2D eigenvalue weighted by atomic mass is 10.0. The molecule has 0 saturated carbocycles. The summed E-state index contributed by atoms with van der Waals surface area (Å²) in [6.07, 6.45) is 3.42. The predicted molar refractivity (Wildman–Crippen MR) is 114 cm³/mol. The summed E-state index contributed by atoms with van der Waals surface area (Å²) < 4.78 is 1.92. The fourth-order valence-electron chi connectivity index (χ4n) is 3.15. The number of benzene rings is 2. The van der Waals surface area contributed by atoms with Gasteiger partial charge in [-0.15, -0.1) is 0 Å². The van der Waals surface area contributed by atoms with Crippen molar-refractivity contribution < 1.29 is 4.79 Å². The standard InChI is InChI=1S/C24H27N3O/c1-17(2)21-13-10-20(11-14-21)12-15-24(28)25-16-23-18(3)26-27(19(23)4)22-8-6-5-7-9-22/h5-15,17H,16H2,1-4H3,(H,25,28)/b15-12+. The zero-order valence-corrected chi connectivity index (χ0v) is 16.9. The third-order valence-electron chi connectivity index (χ3n) is 4.91. The van der Waals surface area contributed by atoms with E-state index in [-0.39, 0.29) is 5.91 Å². The number of para-hydroxylation sites is 1. The minimum Gasteiger partial charge on any atom is -0.348 e. The highest BCUT2D eigenvalue weighted by Gasteiger charge is 2.13. The Morgan fingerprint density at radius 2 is 1.75 bits per heavy atom. The molecule has 0 saturated heterocycles. The molecule has 3 rings (SSSR count). The van der Waals surface area contributed by atoms with Crippen molar-refractivity contribution in [1.29, 1.82) is 0 Å². The maximum Gasteiger partial charge on any atom is 0.244 e. The molecule has 0 bridgehead atoms. The number of carbonyl (C=O) groups is 1. The summed E-state index contributed by atoms with van der Waals surface area (Å²) >= 11 is 0. The largest absolute Gasteiger partial charge is 0.348 e. The summed E-state index contributed by atoms with van der Waals surface area (Å²) in [5.41, 5.74) is 6.34. The van der Waals surface area contributed by atoms with E-state index in [1.54, 1.807) is 6.08 Å². The maximum atomic E-state index is 12.2. The van der Waals surface area contributed by atoms with Gasteiger partial charge in [-0.3, -0.25) is 4.79 Å². The van der Waals surface area contributed by atoms with E-state index in [0.29, 0.717) is 12.5 Å². The monoisotopic (exact) mass is 373 g/mol. The van der Waals surface area contributed by atoms with Crippen LogP contribution in [0.1, 0.15) is 47.8 Å². The number of rotatable bonds is 6. The molecular weight excluding hydrogens is 346 g/mol. The molecule has 1 amide bonds. The van der Waals surface area contributed by atoms with Gasteiger partial charge < -0.3 is 5.32 Å². The zero-order valence-electron chi connectivity index (χ0n) is 16.9. The molecule has 1 heterocycles. The lowest BCUT2D eigenvalue weighted by Gasteiger charge is -2.06. The Bertz CT molecular complexity index is 967. The van der Waals surface area contributed by atoms with Gasteiger partial charge in [-0.1, -0.05) is 56.3 Å². The van der Waals surface area contributed by atoms with Crippen molar-refractivity contribution in [3.05, 3.63) is 88.8 Å². The molecule has 1 aromatic heterocycles. The molecule has 0 radical (unpaired) electrons. The van der Waals surface area contributed by atoms with E-state index in [1.807, 2.05) is 67.1 Å². The molecular formula is C24H27N3O. The number of amides is 1. The van der Waals surface area contributed by atoms with E-state index in [0.717, 1.165) is 28.2 Å². The van der Waals surface area contributed by atoms with Crippen LogP contribution < -0.4 is 5.32 Å². The Balaban J connectivity index is 1.64. The molecule has 0 aliphatic carbocycles. The molecule has 0 unspecified atom stereocenters. The van der Waals surface area contributed by atoms with Gasteiger partial charge >= 0.3 is 0 Å². The lowest BCUT2D eigenvalue weighted by molar-refractivity contribution is -0.116. The number of hydrogen-bond acceptors (Lipinski definition) is 2. The molecule has 0 spiro atoms. The van der Waals surface area contributed by atoms with E-state index in [1.165, 1.54) is 5.56 Å². The van der Waals surface area contributed by atoms with Crippen LogP contribution in [-0.2, 0) is 11.3 Å². The van der Waals surface area contributed by atoms with Crippen molar-refractivity contribution in [3.63, 3.8) is 0 Å². The summed E-state index contributed by atoms with van der Waals surface area (Å²) in [6.45, 7) is 8.80. The highest BCUT2D eigenvalue weighted by molar-refractivity contribution is 5.91. The van der Waals surface area contributed by atoms with Gasteiger partial charge in [-0.25, -0.2) is 4.68 Å². The molecule has 1 N–H and O–H groups in total. The van der Waals surface area contributed by atoms with Crippen molar-refractivity contribution in [2.45, 2.75) is 40.2 Å². The van der Waals surface area contributed by atoms with Crippen LogP contribution in [0.25, 0.3) is 11.8 Å². The molecule has 0 fully saturated rings. The van der Waals surface area contributed by atoms with Crippen LogP contribution in [0, 0.1) is 13.8 Å². The SMILES string of the molecule is Cc1nn(-c2ccccc2)c(C)c1CNC(=O)/C=C/c1ccc(C(C)C)cc1. The van der Waals surface area contributed by atoms with Gasteiger partial charge in [0.2, 0.25) is 5.91 Å². The normalized spacial score (nSPS) is 11.3. The fourth-order valence-corrected chi connectivity index (χ4v) is 3.15. The van der Waals surface area contributed by atoms with E-state index >= 15 is 0 Å². The van der Waals surface area contributed by atoms with E-state index in [9.17, 15) is 4.79 Å². The summed E-state index contributed by atoms with van der Waals surface area (Å²) in [7, 11) is 0. The highest BCUT2D eigenvalue weighted by atomic mass is 16.1. The lowest BCUT2D eigenvalue weighted by Crippen LogP contribution is -2.21. The molecule has 0 aliphatic heterocycles. The molecule has 4 nitrogen and oxygen atoms in total. The first kappa shape index (κ1) is 19.6. The number of nitrogens with zero attached hydrogens (tertiary/aromatic N) is 2. The molecule has 28 heavy (non-hydrogen) atoms. The minimum absolute atomic E-state index is 0.112. The van der Waals surface area contributed by atoms with Gasteiger partial charge in [0.25, 0.3) is 0 Å². The molecule has 0 aliphatic rings. The van der Waals surface area contributed by atoms with Gasteiger partial charge in [-0.2, -0.15) is 5.10 Å². The first-order chi connectivity index (χ1) is 13.5. The number of nitrogens with one attached hydrogen (secondary N) is 1. The number of carbonyl (C=O) groups excluding carboxylic acids is 1. The quantitative estimate of drug-likeness (QED) is 0.622.